The number of rotatable bonds is 5. The zero-order chi connectivity index (χ0) is 29.3. The van der Waals surface area contributed by atoms with Gasteiger partial charge in [-0.2, -0.15) is 0 Å². The molecule has 0 spiro atoms. The number of nitrogens with zero attached hydrogens (tertiary/aromatic N) is 2. The summed E-state index contributed by atoms with van der Waals surface area (Å²) in [5, 5.41) is 17.3. The highest BCUT2D eigenvalue weighted by molar-refractivity contribution is 7.20. The molecule has 0 unspecified atom stereocenters. The van der Waals surface area contributed by atoms with E-state index in [2.05, 4.69) is 15.6 Å². The smallest absolute Gasteiger partial charge is 0.330 e. The van der Waals surface area contributed by atoms with Crippen LogP contribution in [0.15, 0.2) is 60.7 Å². The standard InChI is InChI=1S/C31H33ClN4O5S/c32-20-12-14-21(15-13-20)33-24-10-5-3-1-2-4-8-19-17-31(19,29(39)40)35-27(37)25-16-22(18-36(25)28(24)38)41-30-34-23-9-6-7-11-26(23)42-30/h4,6-9,11-15,19,22,24-25,33H,1-3,5,10,16-18H2,(H,35,37)(H,39,40)/t19-,22-,24+,25+,31-/m1/s1. The summed E-state index contributed by atoms with van der Waals surface area (Å²) >= 11 is 7.49. The minimum absolute atomic E-state index is 0.190. The van der Waals surface area contributed by atoms with Crippen molar-refractivity contribution in [2.75, 3.05) is 11.9 Å². The number of fused-ring (bicyclic) bond motifs is 3. The van der Waals surface area contributed by atoms with E-state index in [9.17, 15) is 19.5 Å². The van der Waals surface area contributed by atoms with Crippen LogP contribution in [-0.4, -0.2) is 63.0 Å². The van der Waals surface area contributed by atoms with Crippen LogP contribution in [0, 0.1) is 5.92 Å². The highest BCUT2D eigenvalue weighted by Crippen LogP contribution is 2.45. The fourth-order valence-electron chi connectivity index (χ4n) is 5.94. The average molecular weight is 609 g/mol. The molecule has 0 radical (unpaired) electrons. The molecule has 1 aromatic heterocycles. The molecule has 3 heterocycles. The van der Waals surface area contributed by atoms with Gasteiger partial charge in [-0.15, -0.1) is 0 Å². The normalized spacial score (nSPS) is 28.3. The third-order valence-electron chi connectivity index (χ3n) is 8.35. The third-order valence-corrected chi connectivity index (χ3v) is 9.53. The Morgan fingerprint density at radius 2 is 1.95 bits per heavy atom. The first kappa shape index (κ1) is 28.5. The predicted molar refractivity (Wildman–Crippen MR) is 162 cm³/mol. The predicted octanol–water partition coefficient (Wildman–Crippen LogP) is 5.26. The van der Waals surface area contributed by atoms with Gasteiger partial charge in [0.05, 0.1) is 16.8 Å². The summed E-state index contributed by atoms with van der Waals surface area (Å²) in [6, 6.07) is 13.4. The number of hydrogen-bond donors (Lipinski definition) is 3. The Bertz CT molecular complexity index is 1480. The monoisotopic (exact) mass is 608 g/mol. The molecule has 2 aromatic carbocycles. The first-order chi connectivity index (χ1) is 20.3. The lowest BCUT2D eigenvalue weighted by molar-refractivity contribution is -0.145. The van der Waals surface area contributed by atoms with Crippen LogP contribution in [0.4, 0.5) is 5.69 Å². The van der Waals surface area contributed by atoms with Crippen molar-refractivity contribution < 1.29 is 24.2 Å². The highest BCUT2D eigenvalue weighted by Gasteiger charge is 2.61. The van der Waals surface area contributed by atoms with Gasteiger partial charge < -0.3 is 25.4 Å². The van der Waals surface area contributed by atoms with Crippen LogP contribution >= 0.6 is 22.9 Å². The van der Waals surface area contributed by atoms with Crippen molar-refractivity contribution in [1.82, 2.24) is 15.2 Å². The second-order valence-corrected chi connectivity index (χ2v) is 12.7. The molecule has 5 atom stereocenters. The van der Waals surface area contributed by atoms with Crippen molar-refractivity contribution in [3.8, 4) is 5.19 Å². The summed E-state index contributed by atoms with van der Waals surface area (Å²) in [5.41, 5.74) is 0.226. The molecule has 11 heteroatoms. The van der Waals surface area contributed by atoms with E-state index >= 15 is 0 Å². The van der Waals surface area contributed by atoms with E-state index in [4.69, 9.17) is 16.3 Å². The van der Waals surface area contributed by atoms with Crippen molar-refractivity contribution in [1.29, 1.82) is 0 Å². The molecule has 1 saturated heterocycles. The molecule has 1 saturated carbocycles. The van der Waals surface area contributed by atoms with E-state index in [0.29, 0.717) is 23.1 Å². The summed E-state index contributed by atoms with van der Waals surface area (Å²) < 4.78 is 7.23. The number of carbonyl (C=O) groups excluding carboxylic acids is 2. The first-order valence-corrected chi connectivity index (χ1v) is 15.6. The highest BCUT2D eigenvalue weighted by atomic mass is 35.5. The summed E-state index contributed by atoms with van der Waals surface area (Å²) in [5.74, 6) is -2.03. The molecule has 2 fully saturated rings. The number of carboxylic acid groups (broad SMARTS) is 1. The van der Waals surface area contributed by atoms with Gasteiger partial charge in [0.2, 0.25) is 11.8 Å². The van der Waals surface area contributed by atoms with Crippen molar-refractivity contribution in [2.45, 2.75) is 68.7 Å². The largest absolute Gasteiger partial charge is 0.479 e. The number of amides is 2. The molecule has 2 amide bonds. The van der Waals surface area contributed by atoms with E-state index in [1.807, 2.05) is 48.6 Å². The molecule has 1 aliphatic carbocycles. The lowest BCUT2D eigenvalue weighted by Crippen LogP contribution is -2.55. The van der Waals surface area contributed by atoms with Gasteiger partial charge in [0.25, 0.3) is 5.19 Å². The number of allylic oxidation sites excluding steroid dienone is 1. The zero-order valence-electron chi connectivity index (χ0n) is 23.0. The lowest BCUT2D eigenvalue weighted by atomic mass is 10.0. The molecular formula is C31H33ClN4O5S. The lowest BCUT2D eigenvalue weighted by Gasteiger charge is -2.30. The van der Waals surface area contributed by atoms with Gasteiger partial charge in [-0.25, -0.2) is 9.78 Å². The van der Waals surface area contributed by atoms with Crippen molar-refractivity contribution >= 4 is 56.6 Å². The minimum Gasteiger partial charge on any atom is -0.479 e. The van der Waals surface area contributed by atoms with Crippen molar-refractivity contribution in [3.05, 3.63) is 65.7 Å². The Morgan fingerprint density at radius 1 is 1.14 bits per heavy atom. The molecule has 9 nitrogen and oxygen atoms in total. The number of aromatic nitrogens is 1. The zero-order valence-corrected chi connectivity index (χ0v) is 24.6. The summed E-state index contributed by atoms with van der Waals surface area (Å²) in [6.45, 7) is 0.190. The van der Waals surface area contributed by atoms with Crippen LogP contribution in [0.25, 0.3) is 10.2 Å². The van der Waals surface area contributed by atoms with E-state index in [-0.39, 0.29) is 24.8 Å². The Balaban J connectivity index is 1.28. The summed E-state index contributed by atoms with van der Waals surface area (Å²) in [6.07, 6.45) is 8.10. The fraction of sp³-hybridized carbons (Fsp3) is 0.419. The Hall–Kier alpha value is -3.63. The number of benzene rings is 2. The fourth-order valence-corrected chi connectivity index (χ4v) is 6.95. The van der Waals surface area contributed by atoms with E-state index in [0.717, 1.165) is 41.6 Å². The Labute approximate surface area is 252 Å². The molecule has 2 aliphatic heterocycles. The average Bonchev–Trinajstić information content (AvgIpc) is 3.29. The van der Waals surface area contributed by atoms with Gasteiger partial charge in [-0.1, -0.05) is 60.1 Å². The molecule has 0 bridgehead atoms. The molecule has 3 aromatic rings. The van der Waals surface area contributed by atoms with Crippen molar-refractivity contribution in [2.24, 2.45) is 5.92 Å². The van der Waals surface area contributed by atoms with Crippen LogP contribution in [0.1, 0.15) is 44.9 Å². The maximum absolute atomic E-state index is 14.2. The number of carbonyl (C=O) groups is 3. The SMILES string of the molecule is O=C1N[C@]2(C(=O)O)C[C@H]2C=CCCCCC[C@H](Nc2ccc(Cl)cc2)C(=O)N2C[C@H](Oc3nc4ccccc4s3)C[C@@H]12. The first-order valence-electron chi connectivity index (χ1n) is 14.4. The maximum Gasteiger partial charge on any atom is 0.330 e. The molecule has 3 N–H and O–H groups in total. The van der Waals surface area contributed by atoms with Crippen LogP contribution < -0.4 is 15.4 Å². The number of aliphatic carboxylic acids is 1. The van der Waals surface area contributed by atoms with Gasteiger partial charge >= 0.3 is 5.97 Å². The van der Waals surface area contributed by atoms with Crippen molar-refractivity contribution in [3.63, 3.8) is 0 Å². The maximum atomic E-state index is 14.2. The Kier molecular flexibility index (Phi) is 8.09. The summed E-state index contributed by atoms with van der Waals surface area (Å²) in [7, 11) is 0. The molecule has 3 aliphatic rings. The number of thiazole rings is 1. The quantitative estimate of drug-likeness (QED) is 0.338. The number of anilines is 1. The van der Waals surface area contributed by atoms with Gasteiger partial charge in [-0.05, 0) is 62.1 Å². The van der Waals surface area contributed by atoms with Gasteiger partial charge in [0.1, 0.15) is 23.7 Å². The van der Waals surface area contributed by atoms with Gasteiger partial charge in [-0.3, -0.25) is 9.59 Å². The molecule has 42 heavy (non-hydrogen) atoms. The summed E-state index contributed by atoms with van der Waals surface area (Å²) in [4.78, 5) is 46.4. The van der Waals surface area contributed by atoms with Gasteiger partial charge in [0, 0.05) is 23.0 Å². The van der Waals surface area contributed by atoms with E-state index < -0.39 is 35.6 Å². The second-order valence-electron chi connectivity index (χ2n) is 11.3. The topological polar surface area (TPSA) is 121 Å². The number of ether oxygens (including phenoxy) is 1. The Morgan fingerprint density at radius 3 is 2.74 bits per heavy atom. The molecule has 220 valence electrons. The van der Waals surface area contributed by atoms with Crippen LogP contribution in [0.2, 0.25) is 5.02 Å². The number of carboxylic acids is 1. The second kappa shape index (κ2) is 11.9. The number of hydrogen-bond acceptors (Lipinski definition) is 7. The number of para-hydroxylation sites is 1. The van der Waals surface area contributed by atoms with E-state index in [1.165, 1.54) is 11.3 Å². The minimum atomic E-state index is -1.35. The molecular weight excluding hydrogens is 576 g/mol. The van der Waals surface area contributed by atoms with Crippen LogP contribution in [0.5, 0.6) is 5.19 Å². The van der Waals surface area contributed by atoms with Gasteiger partial charge in [0.15, 0.2) is 0 Å². The number of halogens is 1. The molecule has 6 rings (SSSR count). The van der Waals surface area contributed by atoms with E-state index in [1.54, 1.807) is 17.0 Å². The van der Waals surface area contributed by atoms with Crippen LogP contribution in [0.3, 0.4) is 0 Å². The third kappa shape index (κ3) is 5.96. The van der Waals surface area contributed by atoms with Crippen LogP contribution in [-0.2, 0) is 14.4 Å². The number of nitrogens with one attached hydrogen (secondary N) is 2.